The van der Waals surface area contributed by atoms with Gasteiger partial charge in [-0.15, -0.1) is 0 Å². The van der Waals surface area contributed by atoms with Gasteiger partial charge in [0.1, 0.15) is 0 Å². The fourth-order valence-corrected chi connectivity index (χ4v) is 5.04. The van der Waals surface area contributed by atoms with Crippen molar-refractivity contribution in [2.75, 3.05) is 33.2 Å². The van der Waals surface area contributed by atoms with Crippen molar-refractivity contribution >= 4 is 22.1 Å². The Balaban J connectivity index is 1.23. The number of hydrogen-bond acceptors (Lipinski definition) is 3. The van der Waals surface area contributed by atoms with Crippen LogP contribution in [0.25, 0.3) is 10.8 Å². The van der Waals surface area contributed by atoms with Gasteiger partial charge >= 0.3 is 0 Å². The lowest BCUT2D eigenvalue weighted by molar-refractivity contribution is 0.153. The average molecular weight is 379 g/mol. The second-order valence-electron chi connectivity index (χ2n) is 8.00. The first-order chi connectivity index (χ1) is 13.3. The van der Waals surface area contributed by atoms with Crippen LogP contribution in [-0.4, -0.2) is 43.0 Å². The lowest BCUT2D eigenvalue weighted by Gasteiger charge is -2.34. The molecular weight excluding hydrogens is 348 g/mol. The number of thiophene rings is 1. The van der Waals surface area contributed by atoms with Crippen LogP contribution in [0.1, 0.15) is 24.0 Å². The van der Waals surface area contributed by atoms with Crippen LogP contribution >= 0.6 is 11.3 Å². The highest BCUT2D eigenvalue weighted by Crippen LogP contribution is 2.22. The predicted molar refractivity (Wildman–Crippen MR) is 117 cm³/mol. The highest BCUT2D eigenvalue weighted by Gasteiger charge is 2.20. The Labute approximate surface area is 167 Å². The number of rotatable bonds is 7. The third kappa shape index (κ3) is 4.98. The van der Waals surface area contributed by atoms with Crippen LogP contribution in [0.3, 0.4) is 0 Å². The molecule has 0 amide bonds. The summed E-state index contributed by atoms with van der Waals surface area (Å²) >= 11 is 1.80. The van der Waals surface area contributed by atoms with Crippen molar-refractivity contribution in [1.29, 1.82) is 0 Å². The standard InChI is InChI=1S/C24H30N2S/c1-25(18-21-12-16-27-19-21)17-20-9-13-26(14-10-20)15-11-23-7-4-6-22-5-2-3-8-24(22)23/h2-8,12,16,19-20H,9-11,13-15,17-18H2,1H3. The third-order valence-electron chi connectivity index (χ3n) is 5.89. The summed E-state index contributed by atoms with van der Waals surface area (Å²) in [6.45, 7) is 6.01. The molecule has 1 fully saturated rings. The van der Waals surface area contributed by atoms with Crippen molar-refractivity contribution in [1.82, 2.24) is 9.80 Å². The first kappa shape index (κ1) is 18.7. The maximum atomic E-state index is 2.66. The molecule has 0 bridgehead atoms. The Morgan fingerprint density at radius 3 is 2.67 bits per heavy atom. The van der Waals surface area contributed by atoms with Gasteiger partial charge in [-0.25, -0.2) is 0 Å². The van der Waals surface area contributed by atoms with Crippen LogP contribution in [0.2, 0.25) is 0 Å². The smallest absolute Gasteiger partial charge is 0.0239 e. The summed E-state index contributed by atoms with van der Waals surface area (Å²) in [4.78, 5) is 5.16. The summed E-state index contributed by atoms with van der Waals surface area (Å²) in [5.74, 6) is 0.849. The van der Waals surface area contributed by atoms with Gasteiger partial charge in [0.15, 0.2) is 0 Å². The molecule has 2 nitrogen and oxygen atoms in total. The molecule has 1 aliphatic heterocycles. The summed E-state index contributed by atoms with van der Waals surface area (Å²) in [5, 5.41) is 7.23. The number of piperidine rings is 1. The van der Waals surface area contributed by atoms with Gasteiger partial charge in [-0.05, 0) is 84.0 Å². The lowest BCUT2D eigenvalue weighted by atomic mass is 9.95. The molecule has 0 radical (unpaired) electrons. The maximum absolute atomic E-state index is 2.66. The van der Waals surface area contributed by atoms with E-state index in [1.54, 1.807) is 11.3 Å². The minimum Gasteiger partial charge on any atom is -0.303 e. The first-order valence-electron chi connectivity index (χ1n) is 10.2. The van der Waals surface area contributed by atoms with E-state index in [2.05, 4.69) is 76.1 Å². The van der Waals surface area contributed by atoms with E-state index in [1.807, 2.05) is 0 Å². The molecule has 1 saturated heterocycles. The molecule has 0 saturated carbocycles. The van der Waals surface area contributed by atoms with Gasteiger partial charge in [0, 0.05) is 19.6 Å². The van der Waals surface area contributed by atoms with Crippen molar-refractivity contribution in [2.24, 2.45) is 5.92 Å². The van der Waals surface area contributed by atoms with Gasteiger partial charge in [0.2, 0.25) is 0 Å². The summed E-state index contributed by atoms with van der Waals surface area (Å²) in [6, 6.07) is 17.7. The van der Waals surface area contributed by atoms with Gasteiger partial charge in [-0.1, -0.05) is 42.5 Å². The monoisotopic (exact) mass is 378 g/mol. The average Bonchev–Trinajstić information content (AvgIpc) is 3.20. The quantitative estimate of drug-likeness (QED) is 0.551. The van der Waals surface area contributed by atoms with Crippen LogP contribution in [0, 0.1) is 5.92 Å². The fraction of sp³-hybridized carbons (Fsp3) is 0.417. The highest BCUT2D eigenvalue weighted by molar-refractivity contribution is 7.07. The highest BCUT2D eigenvalue weighted by atomic mass is 32.1. The van der Waals surface area contributed by atoms with Gasteiger partial charge in [0.25, 0.3) is 0 Å². The molecule has 1 aliphatic rings. The lowest BCUT2D eigenvalue weighted by Crippen LogP contribution is -2.38. The van der Waals surface area contributed by atoms with Crippen molar-refractivity contribution in [3.8, 4) is 0 Å². The number of hydrogen-bond donors (Lipinski definition) is 0. The van der Waals surface area contributed by atoms with Gasteiger partial charge in [-0.2, -0.15) is 11.3 Å². The van der Waals surface area contributed by atoms with E-state index in [0.717, 1.165) is 18.9 Å². The first-order valence-corrected chi connectivity index (χ1v) is 11.1. The molecule has 0 unspecified atom stereocenters. The minimum atomic E-state index is 0.849. The van der Waals surface area contributed by atoms with Crippen molar-refractivity contribution in [3.63, 3.8) is 0 Å². The molecule has 3 heteroatoms. The van der Waals surface area contributed by atoms with E-state index in [4.69, 9.17) is 0 Å². The fourth-order valence-electron chi connectivity index (χ4n) is 4.38. The van der Waals surface area contributed by atoms with E-state index >= 15 is 0 Å². The Kier molecular flexibility index (Phi) is 6.23. The second kappa shape index (κ2) is 9.01. The number of nitrogens with zero attached hydrogens (tertiary/aromatic N) is 2. The topological polar surface area (TPSA) is 6.48 Å². The van der Waals surface area contributed by atoms with E-state index in [9.17, 15) is 0 Å². The van der Waals surface area contributed by atoms with E-state index in [-0.39, 0.29) is 0 Å². The van der Waals surface area contributed by atoms with Crippen LogP contribution in [-0.2, 0) is 13.0 Å². The summed E-state index contributed by atoms with van der Waals surface area (Å²) in [7, 11) is 2.27. The Morgan fingerprint density at radius 2 is 1.85 bits per heavy atom. The zero-order valence-electron chi connectivity index (χ0n) is 16.3. The van der Waals surface area contributed by atoms with Crippen molar-refractivity contribution in [2.45, 2.75) is 25.8 Å². The molecule has 0 spiro atoms. The van der Waals surface area contributed by atoms with E-state index < -0.39 is 0 Å². The molecule has 27 heavy (non-hydrogen) atoms. The maximum Gasteiger partial charge on any atom is 0.0239 e. The summed E-state index contributed by atoms with van der Waals surface area (Å²) < 4.78 is 0. The molecule has 2 aromatic carbocycles. The van der Waals surface area contributed by atoms with Crippen LogP contribution in [0.15, 0.2) is 59.3 Å². The van der Waals surface area contributed by atoms with Crippen LogP contribution in [0.5, 0.6) is 0 Å². The molecular formula is C24H30N2S. The predicted octanol–water partition coefficient (Wildman–Crippen LogP) is 5.29. The van der Waals surface area contributed by atoms with Gasteiger partial charge < -0.3 is 9.80 Å². The Morgan fingerprint density at radius 1 is 1.04 bits per heavy atom. The number of benzene rings is 2. The molecule has 4 rings (SSSR count). The zero-order valence-corrected chi connectivity index (χ0v) is 17.1. The summed E-state index contributed by atoms with van der Waals surface area (Å²) in [6.07, 6.45) is 3.83. The number of fused-ring (bicyclic) bond motifs is 1. The van der Waals surface area contributed by atoms with Crippen LogP contribution < -0.4 is 0 Å². The van der Waals surface area contributed by atoms with Crippen molar-refractivity contribution in [3.05, 3.63) is 70.4 Å². The van der Waals surface area contributed by atoms with Crippen LogP contribution in [0.4, 0.5) is 0 Å². The molecule has 142 valence electrons. The zero-order chi connectivity index (χ0) is 18.5. The second-order valence-corrected chi connectivity index (χ2v) is 8.78. The summed E-state index contributed by atoms with van der Waals surface area (Å²) in [5.41, 5.74) is 2.95. The Hall–Kier alpha value is -1.68. The minimum absolute atomic E-state index is 0.849. The number of likely N-dealkylation sites (tertiary alicyclic amines) is 1. The SMILES string of the molecule is CN(Cc1ccsc1)CC1CCN(CCc2cccc3ccccc23)CC1. The van der Waals surface area contributed by atoms with Gasteiger partial charge in [-0.3, -0.25) is 0 Å². The molecule has 1 aromatic heterocycles. The largest absolute Gasteiger partial charge is 0.303 e. The van der Waals surface area contributed by atoms with E-state index in [1.165, 1.54) is 60.9 Å². The molecule has 0 aliphatic carbocycles. The molecule has 3 aromatic rings. The van der Waals surface area contributed by atoms with Crippen molar-refractivity contribution < 1.29 is 0 Å². The molecule has 2 heterocycles. The molecule has 0 N–H and O–H groups in total. The molecule has 0 atom stereocenters. The normalized spacial score (nSPS) is 16.4. The third-order valence-corrected chi connectivity index (χ3v) is 6.62. The van der Waals surface area contributed by atoms with E-state index in [0.29, 0.717) is 0 Å². The van der Waals surface area contributed by atoms with Gasteiger partial charge in [0.05, 0.1) is 0 Å². The Bertz CT molecular complexity index is 829.